The van der Waals surface area contributed by atoms with Gasteiger partial charge in [0.2, 0.25) is 0 Å². The first kappa shape index (κ1) is 13.9. The summed E-state index contributed by atoms with van der Waals surface area (Å²) in [4.78, 5) is 0. The summed E-state index contributed by atoms with van der Waals surface area (Å²) in [6, 6.07) is 0.103. The molecule has 2 unspecified atom stereocenters. The maximum Gasteiger partial charge on any atom is 0.148 e. The van der Waals surface area contributed by atoms with Gasteiger partial charge < -0.3 is 5.32 Å². The van der Waals surface area contributed by atoms with Gasteiger partial charge in [-0.15, -0.1) is 0 Å². The van der Waals surface area contributed by atoms with Gasteiger partial charge in [0.1, 0.15) is 9.84 Å². The fraction of sp³-hybridized carbons (Fsp3) is 1.00. The molecule has 0 saturated carbocycles. The van der Waals surface area contributed by atoms with E-state index >= 15 is 0 Å². The molecule has 0 aromatic rings. The van der Waals surface area contributed by atoms with E-state index in [9.17, 15) is 8.42 Å². The smallest absolute Gasteiger partial charge is 0.148 e. The zero-order chi connectivity index (χ0) is 11.2. The van der Waals surface area contributed by atoms with Crippen molar-refractivity contribution >= 4 is 9.84 Å². The van der Waals surface area contributed by atoms with Gasteiger partial charge >= 0.3 is 0 Å². The number of hydrogen-bond donors (Lipinski definition) is 1. The van der Waals surface area contributed by atoms with E-state index in [0.29, 0.717) is 5.92 Å². The summed E-state index contributed by atoms with van der Waals surface area (Å²) in [5.74, 6) is 0.844. The highest BCUT2D eigenvalue weighted by Gasteiger charge is 2.15. The van der Waals surface area contributed by atoms with E-state index in [-0.39, 0.29) is 11.8 Å². The Bertz CT molecular complexity index is 237. The minimum atomic E-state index is -2.86. The largest absolute Gasteiger partial charge is 0.316 e. The van der Waals surface area contributed by atoms with Crippen molar-refractivity contribution in [3.63, 3.8) is 0 Å². The van der Waals surface area contributed by atoms with E-state index in [1.54, 1.807) is 0 Å². The lowest BCUT2D eigenvalue weighted by molar-refractivity contribution is 0.416. The van der Waals surface area contributed by atoms with Crippen molar-refractivity contribution in [2.45, 2.75) is 39.2 Å². The second-order valence-electron chi connectivity index (χ2n) is 4.21. The third-order valence-electron chi connectivity index (χ3n) is 2.38. The van der Waals surface area contributed by atoms with E-state index in [1.165, 1.54) is 12.7 Å². The topological polar surface area (TPSA) is 46.2 Å². The van der Waals surface area contributed by atoms with Crippen LogP contribution in [-0.2, 0) is 9.84 Å². The molecule has 0 rings (SSSR count). The number of rotatable bonds is 7. The molecule has 3 nitrogen and oxygen atoms in total. The molecule has 0 amide bonds. The highest BCUT2D eigenvalue weighted by atomic mass is 32.2. The summed E-state index contributed by atoms with van der Waals surface area (Å²) in [7, 11) is -1.03. The molecule has 0 spiro atoms. The first-order valence-electron chi connectivity index (χ1n) is 5.24. The molecule has 0 aliphatic heterocycles. The summed E-state index contributed by atoms with van der Waals surface area (Å²) in [6.07, 6.45) is 4.57. The average Bonchev–Trinajstić information content (AvgIpc) is 2.01. The van der Waals surface area contributed by atoms with Gasteiger partial charge in [0.25, 0.3) is 0 Å². The van der Waals surface area contributed by atoms with Gasteiger partial charge in [-0.05, 0) is 19.4 Å². The normalized spacial score (nSPS) is 16.6. The summed E-state index contributed by atoms with van der Waals surface area (Å²) in [5.41, 5.74) is 0. The Morgan fingerprint density at radius 3 is 2.29 bits per heavy atom. The third-order valence-corrected chi connectivity index (χ3v) is 3.39. The van der Waals surface area contributed by atoms with Crippen LogP contribution in [0.25, 0.3) is 0 Å². The molecular formula is C10H23NO2S. The minimum absolute atomic E-state index is 0.103. The Morgan fingerprint density at radius 1 is 1.36 bits per heavy atom. The van der Waals surface area contributed by atoms with Gasteiger partial charge in [0.15, 0.2) is 0 Å². The molecule has 0 aromatic carbocycles. The first-order valence-corrected chi connectivity index (χ1v) is 7.30. The molecule has 0 saturated heterocycles. The van der Waals surface area contributed by atoms with Gasteiger partial charge in [-0.1, -0.05) is 26.7 Å². The van der Waals surface area contributed by atoms with Crippen molar-refractivity contribution in [2.75, 3.05) is 19.1 Å². The fourth-order valence-corrected chi connectivity index (χ4v) is 2.76. The Kier molecular flexibility index (Phi) is 6.36. The zero-order valence-electron chi connectivity index (χ0n) is 9.71. The lowest BCUT2D eigenvalue weighted by atomic mass is 9.98. The van der Waals surface area contributed by atoms with E-state index in [0.717, 1.165) is 12.8 Å². The quantitative estimate of drug-likeness (QED) is 0.707. The molecule has 4 heteroatoms. The molecule has 2 atom stereocenters. The fourth-order valence-electron chi connectivity index (χ4n) is 1.73. The predicted octanol–water partition coefficient (Wildman–Crippen LogP) is 1.45. The SMILES string of the molecule is CCCC(C)CC(CS(C)(=O)=O)NC. The van der Waals surface area contributed by atoms with Crippen LogP contribution in [0.3, 0.4) is 0 Å². The molecule has 86 valence electrons. The highest BCUT2D eigenvalue weighted by molar-refractivity contribution is 7.90. The lowest BCUT2D eigenvalue weighted by Crippen LogP contribution is -2.34. The van der Waals surface area contributed by atoms with Crippen LogP contribution >= 0.6 is 0 Å². The maximum absolute atomic E-state index is 11.1. The molecule has 0 aromatic heterocycles. The Balaban J connectivity index is 4.03. The number of hydrogen-bond acceptors (Lipinski definition) is 3. The van der Waals surface area contributed by atoms with Crippen LogP contribution in [0.5, 0.6) is 0 Å². The molecule has 0 fully saturated rings. The minimum Gasteiger partial charge on any atom is -0.316 e. The molecule has 0 aliphatic rings. The van der Waals surface area contributed by atoms with Crippen molar-refractivity contribution < 1.29 is 8.42 Å². The van der Waals surface area contributed by atoms with Crippen LogP contribution in [0.1, 0.15) is 33.1 Å². The first-order chi connectivity index (χ1) is 6.39. The van der Waals surface area contributed by atoms with E-state index in [2.05, 4.69) is 19.2 Å². The summed E-state index contributed by atoms with van der Waals surface area (Å²) < 4.78 is 22.2. The Labute approximate surface area is 88.2 Å². The van der Waals surface area contributed by atoms with Crippen LogP contribution in [0, 0.1) is 5.92 Å². The summed E-state index contributed by atoms with van der Waals surface area (Å²) >= 11 is 0. The Morgan fingerprint density at radius 2 is 1.93 bits per heavy atom. The van der Waals surface area contributed by atoms with E-state index in [1.807, 2.05) is 7.05 Å². The van der Waals surface area contributed by atoms with Crippen molar-refractivity contribution in [1.82, 2.24) is 5.32 Å². The van der Waals surface area contributed by atoms with E-state index < -0.39 is 9.84 Å². The standard InChI is InChI=1S/C10H23NO2S/c1-5-6-9(2)7-10(11-3)8-14(4,12)13/h9-11H,5-8H2,1-4H3. The second-order valence-corrected chi connectivity index (χ2v) is 6.39. The van der Waals surface area contributed by atoms with Gasteiger partial charge in [0.05, 0.1) is 5.75 Å². The van der Waals surface area contributed by atoms with Gasteiger partial charge in [-0.2, -0.15) is 0 Å². The van der Waals surface area contributed by atoms with Crippen molar-refractivity contribution in [1.29, 1.82) is 0 Å². The highest BCUT2D eigenvalue weighted by Crippen LogP contribution is 2.13. The molecular weight excluding hydrogens is 198 g/mol. The molecule has 0 heterocycles. The molecule has 0 bridgehead atoms. The molecule has 0 aliphatic carbocycles. The predicted molar refractivity (Wildman–Crippen MR) is 61.2 cm³/mol. The van der Waals surface area contributed by atoms with Crippen LogP contribution in [0.15, 0.2) is 0 Å². The van der Waals surface area contributed by atoms with E-state index in [4.69, 9.17) is 0 Å². The summed E-state index contributed by atoms with van der Waals surface area (Å²) in [5, 5.41) is 3.07. The molecule has 14 heavy (non-hydrogen) atoms. The van der Waals surface area contributed by atoms with Gasteiger partial charge in [-0.3, -0.25) is 0 Å². The summed E-state index contributed by atoms with van der Waals surface area (Å²) in [6.45, 7) is 4.33. The monoisotopic (exact) mass is 221 g/mol. The molecule has 1 N–H and O–H groups in total. The van der Waals surface area contributed by atoms with Crippen molar-refractivity contribution in [3.05, 3.63) is 0 Å². The average molecular weight is 221 g/mol. The van der Waals surface area contributed by atoms with Crippen molar-refractivity contribution in [2.24, 2.45) is 5.92 Å². The van der Waals surface area contributed by atoms with Crippen LogP contribution in [-0.4, -0.2) is 33.5 Å². The zero-order valence-corrected chi connectivity index (χ0v) is 10.5. The van der Waals surface area contributed by atoms with Gasteiger partial charge in [0, 0.05) is 12.3 Å². The number of sulfone groups is 1. The second kappa shape index (κ2) is 6.40. The van der Waals surface area contributed by atoms with Crippen LogP contribution in [0.4, 0.5) is 0 Å². The molecule has 0 radical (unpaired) electrons. The number of nitrogens with one attached hydrogen (secondary N) is 1. The lowest BCUT2D eigenvalue weighted by Gasteiger charge is -2.19. The van der Waals surface area contributed by atoms with Gasteiger partial charge in [-0.25, -0.2) is 8.42 Å². The van der Waals surface area contributed by atoms with Crippen LogP contribution in [0.2, 0.25) is 0 Å². The maximum atomic E-state index is 11.1. The van der Waals surface area contributed by atoms with Crippen LogP contribution < -0.4 is 5.32 Å². The van der Waals surface area contributed by atoms with Crippen molar-refractivity contribution in [3.8, 4) is 0 Å². The third kappa shape index (κ3) is 7.33. The Hall–Kier alpha value is -0.0900.